The number of aryl methyl sites for hydroxylation is 2. The summed E-state index contributed by atoms with van der Waals surface area (Å²) in [6.07, 6.45) is 0. The molecule has 170 valence electrons. The number of ketones is 1. The quantitative estimate of drug-likeness (QED) is 0.307. The Balaban J connectivity index is 1.91. The van der Waals surface area contributed by atoms with Crippen molar-refractivity contribution in [3.8, 4) is 5.75 Å². The van der Waals surface area contributed by atoms with Crippen LogP contribution in [-0.2, 0) is 9.59 Å². The van der Waals surface area contributed by atoms with E-state index in [1.807, 2.05) is 38.1 Å². The van der Waals surface area contributed by atoms with E-state index in [4.69, 9.17) is 4.74 Å². The second-order valence-corrected chi connectivity index (χ2v) is 9.54. The summed E-state index contributed by atoms with van der Waals surface area (Å²) in [5, 5.41) is 11.6. The van der Waals surface area contributed by atoms with Crippen LogP contribution in [0.4, 0.5) is 5.13 Å². The van der Waals surface area contributed by atoms with Gasteiger partial charge in [-0.1, -0.05) is 38.1 Å². The molecular weight excluding hydrogens is 436 g/mol. The lowest BCUT2D eigenvalue weighted by molar-refractivity contribution is -0.132. The van der Waals surface area contributed by atoms with Crippen LogP contribution in [0.1, 0.15) is 53.1 Å². The van der Waals surface area contributed by atoms with Crippen LogP contribution < -0.4 is 9.64 Å². The van der Waals surface area contributed by atoms with Crippen LogP contribution in [-0.4, -0.2) is 28.9 Å². The number of aromatic nitrogens is 1. The Morgan fingerprint density at radius 2 is 1.70 bits per heavy atom. The largest absolute Gasteiger partial charge is 0.507 e. The first-order valence-corrected chi connectivity index (χ1v) is 11.5. The molecule has 0 aliphatic carbocycles. The Bertz CT molecular complexity index is 1220. The molecule has 1 aromatic heterocycles. The molecule has 2 aromatic carbocycles. The summed E-state index contributed by atoms with van der Waals surface area (Å²) in [4.78, 5) is 33.3. The van der Waals surface area contributed by atoms with Gasteiger partial charge in [-0.25, -0.2) is 4.98 Å². The molecule has 0 unspecified atom stereocenters. The highest BCUT2D eigenvalue weighted by atomic mass is 32.1. The fourth-order valence-electron chi connectivity index (χ4n) is 3.87. The average Bonchev–Trinajstić information content (AvgIpc) is 3.28. The highest BCUT2D eigenvalue weighted by Gasteiger charge is 2.48. The van der Waals surface area contributed by atoms with Gasteiger partial charge in [-0.05, 0) is 55.2 Å². The van der Waals surface area contributed by atoms with Crippen LogP contribution >= 0.6 is 11.3 Å². The number of Topliss-reactive ketones (excluding diaryl/α,β-unsaturated/α-hetero) is 1. The molecule has 1 N–H and O–H groups in total. The van der Waals surface area contributed by atoms with E-state index in [2.05, 4.69) is 18.8 Å². The molecule has 1 atom stereocenters. The van der Waals surface area contributed by atoms with Gasteiger partial charge in [0.15, 0.2) is 5.13 Å². The molecule has 0 bridgehead atoms. The van der Waals surface area contributed by atoms with Gasteiger partial charge in [-0.3, -0.25) is 14.5 Å². The topological polar surface area (TPSA) is 79.7 Å². The number of amides is 1. The number of thiazole rings is 1. The van der Waals surface area contributed by atoms with E-state index in [1.165, 1.54) is 16.2 Å². The number of aliphatic hydroxyl groups excluding tert-OH is 1. The molecule has 3 aromatic rings. The fraction of sp³-hybridized carbons (Fsp3) is 0.269. The van der Waals surface area contributed by atoms with E-state index >= 15 is 0 Å². The molecule has 1 amide bonds. The number of aliphatic hydroxyl groups is 1. The Labute approximate surface area is 197 Å². The summed E-state index contributed by atoms with van der Waals surface area (Å²) in [5.74, 6) is -0.680. The van der Waals surface area contributed by atoms with Crippen molar-refractivity contribution >= 4 is 33.9 Å². The summed E-state index contributed by atoms with van der Waals surface area (Å²) in [7, 11) is 1.55. The molecule has 7 heteroatoms. The van der Waals surface area contributed by atoms with E-state index in [-0.39, 0.29) is 11.3 Å². The molecule has 4 rings (SSSR count). The van der Waals surface area contributed by atoms with Gasteiger partial charge in [0.1, 0.15) is 11.5 Å². The van der Waals surface area contributed by atoms with E-state index in [9.17, 15) is 14.7 Å². The number of methoxy groups -OCH3 is 1. The number of benzene rings is 2. The number of ether oxygens (including phenoxy) is 1. The number of carbonyl (C=O) groups is 2. The SMILES string of the molecule is COc1ccc(C(O)=C2C(=O)C(=O)N(c3nc(C)c(C)s3)[C@@H]2c2ccc(C(C)C)cc2)cc1. The minimum atomic E-state index is -0.779. The van der Waals surface area contributed by atoms with E-state index in [0.29, 0.717) is 22.4 Å². The fourth-order valence-corrected chi connectivity index (χ4v) is 4.81. The maximum atomic E-state index is 13.2. The maximum Gasteiger partial charge on any atom is 0.301 e. The molecule has 1 aliphatic heterocycles. The van der Waals surface area contributed by atoms with E-state index < -0.39 is 17.7 Å². The van der Waals surface area contributed by atoms with Crippen LogP contribution in [0.3, 0.4) is 0 Å². The molecule has 0 saturated carbocycles. The highest BCUT2D eigenvalue weighted by Crippen LogP contribution is 2.44. The number of anilines is 1. The van der Waals surface area contributed by atoms with Crippen molar-refractivity contribution in [3.63, 3.8) is 0 Å². The van der Waals surface area contributed by atoms with Crippen LogP contribution in [0.25, 0.3) is 5.76 Å². The maximum absolute atomic E-state index is 13.2. The normalized spacial score (nSPS) is 17.8. The lowest BCUT2D eigenvalue weighted by Gasteiger charge is -2.23. The highest BCUT2D eigenvalue weighted by molar-refractivity contribution is 7.16. The molecule has 1 fully saturated rings. The third kappa shape index (κ3) is 4.04. The summed E-state index contributed by atoms with van der Waals surface area (Å²) in [6, 6.07) is 13.8. The van der Waals surface area contributed by atoms with Gasteiger partial charge in [0, 0.05) is 10.4 Å². The first-order chi connectivity index (χ1) is 15.7. The van der Waals surface area contributed by atoms with Crippen molar-refractivity contribution in [1.82, 2.24) is 4.98 Å². The van der Waals surface area contributed by atoms with Gasteiger partial charge in [0.05, 0.1) is 24.4 Å². The van der Waals surface area contributed by atoms with Gasteiger partial charge >= 0.3 is 5.91 Å². The monoisotopic (exact) mass is 462 g/mol. The molecule has 33 heavy (non-hydrogen) atoms. The Morgan fingerprint density at radius 3 is 2.21 bits per heavy atom. The van der Waals surface area contributed by atoms with Crippen molar-refractivity contribution < 1.29 is 19.4 Å². The number of nitrogens with zero attached hydrogens (tertiary/aromatic N) is 2. The summed E-state index contributed by atoms with van der Waals surface area (Å²) in [6.45, 7) is 8.00. The second-order valence-electron chi connectivity index (χ2n) is 8.36. The van der Waals surface area contributed by atoms with Gasteiger partial charge in [0.2, 0.25) is 0 Å². The van der Waals surface area contributed by atoms with Crippen LogP contribution in [0.15, 0.2) is 54.1 Å². The summed E-state index contributed by atoms with van der Waals surface area (Å²) < 4.78 is 5.19. The van der Waals surface area contributed by atoms with Crippen LogP contribution in [0, 0.1) is 13.8 Å². The van der Waals surface area contributed by atoms with Crippen molar-refractivity contribution in [2.45, 2.75) is 39.7 Å². The molecule has 0 spiro atoms. The predicted molar refractivity (Wildman–Crippen MR) is 130 cm³/mol. The minimum absolute atomic E-state index is 0.0490. The van der Waals surface area contributed by atoms with Crippen molar-refractivity contribution in [3.05, 3.63) is 81.4 Å². The summed E-state index contributed by atoms with van der Waals surface area (Å²) in [5.41, 5.74) is 3.17. The van der Waals surface area contributed by atoms with E-state index in [0.717, 1.165) is 21.7 Å². The molecule has 1 aliphatic rings. The Morgan fingerprint density at radius 1 is 1.06 bits per heavy atom. The first-order valence-electron chi connectivity index (χ1n) is 10.7. The third-order valence-corrected chi connectivity index (χ3v) is 7.02. The zero-order chi connectivity index (χ0) is 23.9. The molecule has 6 nitrogen and oxygen atoms in total. The van der Waals surface area contributed by atoms with Gasteiger partial charge in [-0.15, -0.1) is 11.3 Å². The number of rotatable bonds is 5. The van der Waals surface area contributed by atoms with Crippen molar-refractivity contribution in [2.24, 2.45) is 0 Å². The van der Waals surface area contributed by atoms with Gasteiger partial charge in [0.25, 0.3) is 5.78 Å². The van der Waals surface area contributed by atoms with Gasteiger partial charge in [-0.2, -0.15) is 0 Å². The van der Waals surface area contributed by atoms with Gasteiger partial charge < -0.3 is 9.84 Å². The average molecular weight is 463 g/mol. The Hall–Kier alpha value is -3.45. The van der Waals surface area contributed by atoms with Crippen LogP contribution in [0.2, 0.25) is 0 Å². The second kappa shape index (κ2) is 8.83. The molecule has 2 heterocycles. The number of hydrogen-bond acceptors (Lipinski definition) is 6. The predicted octanol–water partition coefficient (Wildman–Crippen LogP) is 5.52. The van der Waals surface area contributed by atoms with Crippen molar-refractivity contribution in [1.29, 1.82) is 0 Å². The standard InChI is InChI=1S/C26H26N2O4S/c1-14(2)17-6-8-18(9-7-17)22-21(23(29)19-10-12-20(32-5)13-11-19)24(30)25(31)28(22)26-27-15(3)16(4)33-26/h6-14,22,29H,1-5H3/t22-/m1/s1. The zero-order valence-electron chi connectivity index (χ0n) is 19.2. The smallest absolute Gasteiger partial charge is 0.301 e. The van der Waals surface area contributed by atoms with Crippen LogP contribution in [0.5, 0.6) is 5.75 Å². The number of hydrogen-bond donors (Lipinski definition) is 1. The molecule has 0 radical (unpaired) electrons. The molecular formula is C26H26N2O4S. The van der Waals surface area contributed by atoms with E-state index in [1.54, 1.807) is 31.4 Å². The van der Waals surface area contributed by atoms with Crippen molar-refractivity contribution in [2.75, 3.05) is 12.0 Å². The summed E-state index contributed by atoms with van der Waals surface area (Å²) >= 11 is 1.36. The lowest BCUT2D eigenvalue weighted by Crippen LogP contribution is -2.29. The Kier molecular flexibility index (Phi) is 6.08. The lowest BCUT2D eigenvalue weighted by atomic mass is 9.93. The first kappa shape index (κ1) is 22.7. The number of carbonyl (C=O) groups excluding carboxylic acids is 2. The zero-order valence-corrected chi connectivity index (χ0v) is 20.1. The molecule has 1 saturated heterocycles. The third-order valence-electron chi connectivity index (χ3n) is 5.95. The minimum Gasteiger partial charge on any atom is -0.507 e.